The Bertz CT molecular complexity index is 1630. The fourth-order valence-corrected chi connectivity index (χ4v) is 5.58. The third-order valence-electron chi connectivity index (χ3n) is 8.14. The number of nitrogens with one attached hydrogen (secondary N) is 4. The zero-order valence-electron chi connectivity index (χ0n) is 25.4. The second kappa shape index (κ2) is 13.5. The molecule has 3 aromatic rings. The summed E-state index contributed by atoms with van der Waals surface area (Å²) in [5.74, 6) is -0.622. The minimum atomic E-state index is -0.721. The summed E-state index contributed by atoms with van der Waals surface area (Å²) in [6, 6.07) is 12.3. The molecule has 6 N–H and O–H groups in total. The lowest BCUT2D eigenvalue weighted by Crippen LogP contribution is -2.58. The molecule has 1 aliphatic carbocycles. The molecular weight excluding hydrogens is 592 g/mol. The van der Waals surface area contributed by atoms with Crippen LogP contribution < -0.4 is 26.4 Å². The largest absolute Gasteiger partial charge is 0.494 e. The highest BCUT2D eigenvalue weighted by Crippen LogP contribution is 2.40. The molecule has 2 aliphatic heterocycles. The first-order valence-corrected chi connectivity index (χ1v) is 15.0. The minimum Gasteiger partial charge on any atom is -0.494 e. The molecule has 2 aromatic carbocycles. The average Bonchev–Trinajstić information content (AvgIpc) is 3.59. The van der Waals surface area contributed by atoms with E-state index in [0.29, 0.717) is 67.8 Å². The number of benzene rings is 2. The fraction of sp³-hybridized carbons (Fsp3) is 0.344. The summed E-state index contributed by atoms with van der Waals surface area (Å²) in [5.41, 5.74) is 8.09. The second-order valence-corrected chi connectivity index (χ2v) is 11.0. The predicted octanol–water partition coefficient (Wildman–Crippen LogP) is 2.92. The number of morpholine rings is 1. The molecule has 46 heavy (non-hydrogen) atoms. The zero-order chi connectivity index (χ0) is 32.1. The Morgan fingerprint density at radius 2 is 1.83 bits per heavy atom. The lowest BCUT2D eigenvalue weighted by molar-refractivity contribution is -0.225. The number of primary amides is 1. The molecule has 14 heteroatoms. The van der Waals surface area contributed by atoms with Crippen molar-refractivity contribution in [1.82, 2.24) is 20.2 Å². The number of rotatable bonds is 11. The first kappa shape index (κ1) is 31.0. The van der Waals surface area contributed by atoms with Crippen LogP contribution in [0.4, 0.5) is 23.1 Å². The summed E-state index contributed by atoms with van der Waals surface area (Å²) in [6.07, 6.45) is 6.45. The van der Waals surface area contributed by atoms with E-state index >= 15 is 0 Å². The van der Waals surface area contributed by atoms with Crippen LogP contribution >= 0.6 is 0 Å². The van der Waals surface area contributed by atoms with Gasteiger partial charge in [0.05, 0.1) is 51.0 Å². The summed E-state index contributed by atoms with van der Waals surface area (Å²) in [5, 5.41) is 18.2. The molecule has 0 bridgehead atoms. The van der Waals surface area contributed by atoms with Gasteiger partial charge in [0.15, 0.2) is 11.5 Å². The molecule has 1 spiro atoms. The molecule has 240 valence electrons. The molecule has 3 heterocycles. The quantitative estimate of drug-likeness (QED) is 0.197. The Balaban J connectivity index is 1.16. The molecule has 1 atom stereocenters. The average molecular weight is 629 g/mol. The van der Waals surface area contributed by atoms with E-state index in [-0.39, 0.29) is 35.0 Å². The number of nitrogens with zero attached hydrogens (tertiary/aromatic N) is 3. The molecule has 3 aliphatic rings. The maximum atomic E-state index is 12.8. The Morgan fingerprint density at radius 1 is 1.07 bits per heavy atom. The summed E-state index contributed by atoms with van der Waals surface area (Å²) in [6.45, 7) is 3.35. The van der Waals surface area contributed by atoms with Crippen molar-refractivity contribution in [3.8, 4) is 5.75 Å². The van der Waals surface area contributed by atoms with E-state index in [1.165, 1.54) is 13.3 Å². The molecule has 2 amide bonds. The van der Waals surface area contributed by atoms with Gasteiger partial charge in [-0.1, -0.05) is 6.07 Å². The number of carbonyl (C=O) groups is 2. The van der Waals surface area contributed by atoms with Crippen LogP contribution in [0, 0.1) is 5.41 Å². The van der Waals surface area contributed by atoms with Gasteiger partial charge in [-0.3, -0.25) is 9.59 Å². The number of amides is 2. The Hall–Kier alpha value is -5.05. The summed E-state index contributed by atoms with van der Waals surface area (Å²) in [4.78, 5) is 35.6. The molecular formula is C32H36N8O6. The second-order valence-electron chi connectivity index (χ2n) is 11.0. The van der Waals surface area contributed by atoms with Crippen LogP contribution in [0.15, 0.2) is 60.9 Å². The van der Waals surface area contributed by atoms with Gasteiger partial charge in [-0.15, -0.1) is 0 Å². The van der Waals surface area contributed by atoms with Gasteiger partial charge in [-0.05, 0) is 55.1 Å². The molecule has 1 aromatic heterocycles. The predicted molar refractivity (Wildman–Crippen MR) is 170 cm³/mol. The number of aromatic nitrogens is 2. The van der Waals surface area contributed by atoms with Crippen LogP contribution in [0.1, 0.15) is 39.1 Å². The van der Waals surface area contributed by atoms with Crippen LogP contribution in [0.3, 0.4) is 0 Å². The van der Waals surface area contributed by atoms with Gasteiger partial charge in [0.1, 0.15) is 11.4 Å². The number of para-hydroxylation sites is 1. The molecule has 14 nitrogen and oxygen atoms in total. The fourth-order valence-electron chi connectivity index (χ4n) is 5.58. The van der Waals surface area contributed by atoms with E-state index in [9.17, 15) is 9.59 Å². The molecule has 2 saturated heterocycles. The highest BCUT2D eigenvalue weighted by atomic mass is 16.7. The molecule has 1 unspecified atom stereocenters. The van der Waals surface area contributed by atoms with Crippen LogP contribution in [-0.4, -0.2) is 90.8 Å². The zero-order valence-corrected chi connectivity index (χ0v) is 25.4. The molecule has 6 rings (SSSR count). The van der Waals surface area contributed by atoms with Crippen LogP contribution in [0.5, 0.6) is 5.75 Å². The first-order chi connectivity index (χ1) is 22.4. The highest BCUT2D eigenvalue weighted by Gasteiger charge is 2.51. The van der Waals surface area contributed by atoms with Crippen molar-refractivity contribution in [3.63, 3.8) is 0 Å². The van der Waals surface area contributed by atoms with Crippen molar-refractivity contribution < 1.29 is 28.5 Å². The third kappa shape index (κ3) is 6.49. The van der Waals surface area contributed by atoms with Gasteiger partial charge >= 0.3 is 0 Å². The number of ether oxygens (including phenoxy) is 4. The van der Waals surface area contributed by atoms with E-state index in [0.717, 1.165) is 12.8 Å². The number of allylic oxidation sites excluding steroid dienone is 1. The maximum absolute atomic E-state index is 12.8. The summed E-state index contributed by atoms with van der Waals surface area (Å²) in [7, 11) is 1.50. The van der Waals surface area contributed by atoms with Gasteiger partial charge in [0, 0.05) is 42.5 Å². The topological polar surface area (TPSA) is 186 Å². The Morgan fingerprint density at radius 3 is 2.50 bits per heavy atom. The van der Waals surface area contributed by atoms with Gasteiger partial charge in [0.2, 0.25) is 5.95 Å². The van der Waals surface area contributed by atoms with Crippen molar-refractivity contribution in [1.29, 1.82) is 5.41 Å². The van der Waals surface area contributed by atoms with Gasteiger partial charge < -0.3 is 50.9 Å². The van der Waals surface area contributed by atoms with Crippen molar-refractivity contribution in [3.05, 3.63) is 77.6 Å². The van der Waals surface area contributed by atoms with Crippen molar-refractivity contribution in [2.45, 2.75) is 24.7 Å². The van der Waals surface area contributed by atoms with E-state index in [1.807, 2.05) is 0 Å². The van der Waals surface area contributed by atoms with Crippen LogP contribution in [-0.2, 0) is 14.2 Å². The number of hydrogen-bond donors (Lipinski definition) is 5. The van der Waals surface area contributed by atoms with Crippen LogP contribution in [0.25, 0.3) is 0 Å². The van der Waals surface area contributed by atoms with E-state index < -0.39 is 11.7 Å². The van der Waals surface area contributed by atoms with Crippen molar-refractivity contribution in [2.24, 2.45) is 5.73 Å². The highest BCUT2D eigenvalue weighted by molar-refractivity contribution is 6.09. The molecule has 3 fully saturated rings. The lowest BCUT2D eigenvalue weighted by atomic mass is 9.85. The number of carbonyl (C=O) groups excluding carboxylic acids is 2. The van der Waals surface area contributed by atoms with Gasteiger partial charge in [0.25, 0.3) is 11.8 Å². The minimum absolute atomic E-state index is 0.0252. The SMILES string of the molecule is COc1c(Nc2nc(Nc3ccc(C(=O)N4CCOCC4)cc3)ncc2C(N)=O)cccc1C(=N)/C=C\NC1CCC12OCCO2. The number of nitrogens with two attached hydrogens (primary N) is 1. The van der Waals surface area contributed by atoms with E-state index in [1.54, 1.807) is 59.6 Å². The van der Waals surface area contributed by atoms with Crippen molar-refractivity contribution >= 4 is 40.7 Å². The Kier molecular flexibility index (Phi) is 9.10. The normalized spacial score (nSPS) is 18.6. The van der Waals surface area contributed by atoms with E-state index in [2.05, 4.69) is 25.9 Å². The third-order valence-corrected chi connectivity index (χ3v) is 8.14. The monoisotopic (exact) mass is 628 g/mol. The Labute approximate surface area is 265 Å². The van der Waals surface area contributed by atoms with Crippen LogP contribution in [0.2, 0.25) is 0 Å². The maximum Gasteiger partial charge on any atom is 0.254 e. The number of anilines is 4. The summed E-state index contributed by atoms with van der Waals surface area (Å²) < 4.78 is 22.6. The lowest BCUT2D eigenvalue weighted by Gasteiger charge is -2.44. The van der Waals surface area contributed by atoms with Gasteiger partial charge in [-0.25, -0.2) is 4.98 Å². The number of methoxy groups -OCH3 is 1. The molecule has 0 radical (unpaired) electrons. The smallest absolute Gasteiger partial charge is 0.254 e. The number of hydrogen-bond acceptors (Lipinski definition) is 12. The summed E-state index contributed by atoms with van der Waals surface area (Å²) >= 11 is 0. The van der Waals surface area contributed by atoms with E-state index in [4.69, 9.17) is 30.1 Å². The first-order valence-electron chi connectivity index (χ1n) is 15.0. The molecule has 1 saturated carbocycles. The van der Waals surface area contributed by atoms with Gasteiger partial charge in [-0.2, -0.15) is 4.98 Å². The standard InChI is InChI=1S/C32H36N8O6/c1-43-27-22(24(33)10-12-35-26-9-11-32(26)45-17-18-46-32)3-2-4-25(27)38-29-23(28(34)41)19-36-31(39-29)37-21-7-5-20(6-8-21)30(42)40-13-15-44-16-14-40/h2-8,10,12,19,26,33,35H,9,11,13-18H2,1H3,(H2,34,41)(H2,36,37,38,39)/b12-10-,33-24?. The van der Waals surface area contributed by atoms with Crippen molar-refractivity contribution in [2.75, 3.05) is 57.3 Å².